The van der Waals surface area contributed by atoms with Crippen molar-refractivity contribution in [3.63, 3.8) is 0 Å². The molecule has 0 saturated carbocycles. The van der Waals surface area contributed by atoms with Gasteiger partial charge in [0.15, 0.2) is 0 Å². The van der Waals surface area contributed by atoms with Gasteiger partial charge in [0.2, 0.25) is 0 Å². The summed E-state index contributed by atoms with van der Waals surface area (Å²) in [5.41, 5.74) is 4.05. The molecular formula is C20H19Cl2N3O. The molecule has 0 aliphatic heterocycles. The van der Waals surface area contributed by atoms with Crippen LogP contribution in [0.2, 0.25) is 10.0 Å². The summed E-state index contributed by atoms with van der Waals surface area (Å²) in [6.07, 6.45) is -0.571. The Morgan fingerprint density at radius 2 is 1.50 bits per heavy atom. The predicted molar refractivity (Wildman–Crippen MR) is 107 cm³/mol. The van der Waals surface area contributed by atoms with Crippen LogP contribution in [0.15, 0.2) is 42.5 Å². The Balaban J connectivity index is 1.76. The lowest BCUT2D eigenvalue weighted by atomic mass is 10.1. The van der Waals surface area contributed by atoms with Crippen molar-refractivity contribution in [2.45, 2.75) is 33.0 Å². The highest BCUT2D eigenvalue weighted by Crippen LogP contribution is 2.33. The number of aromatic nitrogens is 3. The second-order valence-electron chi connectivity index (χ2n) is 6.70. The zero-order chi connectivity index (χ0) is 18.4. The molecule has 0 radical (unpaired) electrons. The maximum absolute atomic E-state index is 10.7. The van der Waals surface area contributed by atoms with Gasteiger partial charge in [-0.05, 0) is 56.3 Å². The van der Waals surface area contributed by atoms with Gasteiger partial charge >= 0.3 is 0 Å². The maximum atomic E-state index is 10.7. The van der Waals surface area contributed by atoms with Crippen LogP contribution in [0.4, 0.5) is 0 Å². The molecule has 4 nitrogen and oxygen atoms in total. The zero-order valence-electron chi connectivity index (χ0n) is 14.6. The van der Waals surface area contributed by atoms with Gasteiger partial charge in [-0.1, -0.05) is 23.2 Å². The number of hydrogen-bond acceptors (Lipinski definition) is 2. The van der Waals surface area contributed by atoms with Gasteiger partial charge in [-0.25, -0.2) is 0 Å². The number of fused-ring (bicyclic) bond motifs is 3. The molecule has 134 valence electrons. The SMILES string of the molecule is Cc1cc(C)n(C[C@@H](O)Cn2c3ccc(Cl)cc3c3cc(Cl)ccc32)n1. The third-order valence-electron chi connectivity index (χ3n) is 4.67. The largest absolute Gasteiger partial charge is 0.389 e. The van der Waals surface area contributed by atoms with Crippen LogP contribution in [0.1, 0.15) is 11.4 Å². The molecule has 0 aliphatic carbocycles. The van der Waals surface area contributed by atoms with E-state index in [1.54, 1.807) is 0 Å². The Bertz CT molecular complexity index is 1050. The maximum Gasteiger partial charge on any atom is 0.0914 e. The third-order valence-corrected chi connectivity index (χ3v) is 5.14. The van der Waals surface area contributed by atoms with Gasteiger partial charge in [0.05, 0.1) is 24.9 Å². The van der Waals surface area contributed by atoms with E-state index in [2.05, 4.69) is 9.67 Å². The fourth-order valence-corrected chi connectivity index (χ4v) is 3.92. The molecular weight excluding hydrogens is 369 g/mol. The van der Waals surface area contributed by atoms with Gasteiger partial charge in [-0.15, -0.1) is 0 Å². The van der Waals surface area contributed by atoms with Crippen LogP contribution in [-0.4, -0.2) is 25.6 Å². The van der Waals surface area contributed by atoms with E-state index in [0.29, 0.717) is 23.1 Å². The van der Waals surface area contributed by atoms with Crippen LogP contribution in [0.5, 0.6) is 0 Å². The highest BCUT2D eigenvalue weighted by atomic mass is 35.5. The summed E-state index contributed by atoms with van der Waals surface area (Å²) < 4.78 is 3.97. The van der Waals surface area contributed by atoms with E-state index in [1.807, 2.05) is 61.0 Å². The molecule has 1 atom stereocenters. The smallest absolute Gasteiger partial charge is 0.0914 e. The van der Waals surface area contributed by atoms with Gasteiger partial charge in [-0.3, -0.25) is 4.68 Å². The number of halogens is 2. The Morgan fingerprint density at radius 3 is 2.00 bits per heavy atom. The van der Waals surface area contributed by atoms with Crippen molar-refractivity contribution in [1.29, 1.82) is 0 Å². The first-order chi connectivity index (χ1) is 12.4. The number of aliphatic hydroxyl groups is 1. The van der Waals surface area contributed by atoms with Gasteiger partial charge in [0, 0.05) is 37.5 Å². The summed E-state index contributed by atoms with van der Waals surface area (Å²) in [4.78, 5) is 0. The first-order valence-electron chi connectivity index (χ1n) is 8.48. The molecule has 0 fully saturated rings. The zero-order valence-corrected chi connectivity index (χ0v) is 16.1. The Kier molecular flexibility index (Phi) is 4.43. The Hall–Kier alpha value is -2.01. The van der Waals surface area contributed by atoms with E-state index in [-0.39, 0.29) is 0 Å². The predicted octanol–water partition coefficient (Wildman–Crippen LogP) is 4.98. The van der Waals surface area contributed by atoms with Crippen molar-refractivity contribution in [3.05, 3.63) is 63.9 Å². The van der Waals surface area contributed by atoms with Crippen molar-refractivity contribution < 1.29 is 5.11 Å². The lowest BCUT2D eigenvalue weighted by molar-refractivity contribution is 0.132. The van der Waals surface area contributed by atoms with E-state index in [1.165, 1.54) is 0 Å². The summed E-state index contributed by atoms with van der Waals surface area (Å²) in [5, 5.41) is 18.6. The average molecular weight is 388 g/mol. The van der Waals surface area contributed by atoms with E-state index < -0.39 is 6.10 Å². The number of benzene rings is 2. The summed E-state index contributed by atoms with van der Waals surface area (Å²) in [6.45, 7) is 4.86. The fraction of sp³-hybridized carbons (Fsp3) is 0.250. The number of hydrogen-bond donors (Lipinski definition) is 1. The molecule has 0 aliphatic rings. The van der Waals surface area contributed by atoms with Crippen LogP contribution in [0, 0.1) is 13.8 Å². The molecule has 0 spiro atoms. The van der Waals surface area contributed by atoms with E-state index in [0.717, 1.165) is 33.2 Å². The molecule has 4 aromatic rings. The normalized spacial score (nSPS) is 13.0. The average Bonchev–Trinajstić information content (AvgIpc) is 3.04. The van der Waals surface area contributed by atoms with Crippen molar-refractivity contribution in [3.8, 4) is 0 Å². The van der Waals surface area contributed by atoms with Crippen LogP contribution in [0.25, 0.3) is 21.8 Å². The summed E-state index contributed by atoms with van der Waals surface area (Å²) in [6, 6.07) is 13.6. The number of aliphatic hydroxyl groups excluding tert-OH is 1. The second-order valence-corrected chi connectivity index (χ2v) is 7.57. The van der Waals surface area contributed by atoms with Crippen molar-refractivity contribution in [2.75, 3.05) is 0 Å². The molecule has 0 bridgehead atoms. The second kappa shape index (κ2) is 6.62. The topological polar surface area (TPSA) is 43.0 Å². The summed E-state index contributed by atoms with van der Waals surface area (Å²) in [7, 11) is 0. The van der Waals surface area contributed by atoms with Crippen molar-refractivity contribution in [2.24, 2.45) is 0 Å². The summed E-state index contributed by atoms with van der Waals surface area (Å²) in [5.74, 6) is 0. The van der Waals surface area contributed by atoms with Crippen LogP contribution >= 0.6 is 23.2 Å². The van der Waals surface area contributed by atoms with Crippen molar-refractivity contribution >= 4 is 45.0 Å². The molecule has 26 heavy (non-hydrogen) atoms. The third kappa shape index (κ3) is 3.09. The molecule has 2 heterocycles. The van der Waals surface area contributed by atoms with E-state index >= 15 is 0 Å². The summed E-state index contributed by atoms with van der Waals surface area (Å²) >= 11 is 12.4. The molecule has 2 aromatic carbocycles. The Morgan fingerprint density at radius 1 is 0.923 bits per heavy atom. The number of rotatable bonds is 4. The minimum absolute atomic E-state index is 0.446. The van der Waals surface area contributed by atoms with Gasteiger partial charge in [0.1, 0.15) is 0 Å². The van der Waals surface area contributed by atoms with Gasteiger partial charge in [0.25, 0.3) is 0 Å². The fourth-order valence-electron chi connectivity index (χ4n) is 3.57. The van der Waals surface area contributed by atoms with Crippen LogP contribution in [0.3, 0.4) is 0 Å². The van der Waals surface area contributed by atoms with E-state index in [9.17, 15) is 5.11 Å². The quantitative estimate of drug-likeness (QED) is 0.536. The monoisotopic (exact) mass is 387 g/mol. The molecule has 1 N–H and O–H groups in total. The minimum atomic E-state index is -0.571. The lowest BCUT2D eigenvalue weighted by Crippen LogP contribution is -2.23. The van der Waals surface area contributed by atoms with Crippen molar-refractivity contribution in [1.82, 2.24) is 14.3 Å². The van der Waals surface area contributed by atoms with Gasteiger partial charge < -0.3 is 9.67 Å². The molecule has 0 saturated heterocycles. The molecule has 4 rings (SSSR count). The lowest BCUT2D eigenvalue weighted by Gasteiger charge is -2.15. The number of nitrogens with zero attached hydrogens (tertiary/aromatic N) is 3. The highest BCUT2D eigenvalue weighted by Gasteiger charge is 2.16. The van der Waals surface area contributed by atoms with Crippen LogP contribution < -0.4 is 0 Å². The first kappa shape index (κ1) is 17.4. The molecule has 2 aromatic heterocycles. The molecule has 0 amide bonds. The minimum Gasteiger partial charge on any atom is -0.389 e. The molecule has 0 unspecified atom stereocenters. The molecule has 6 heteroatoms. The number of aryl methyl sites for hydroxylation is 2. The highest BCUT2D eigenvalue weighted by molar-refractivity contribution is 6.33. The Labute approximate surface area is 161 Å². The van der Waals surface area contributed by atoms with Crippen LogP contribution in [-0.2, 0) is 13.1 Å². The standard InChI is InChI=1S/C20H19Cl2N3O/c1-12-7-13(2)25(23-12)11-16(26)10-24-19-5-3-14(21)8-17(19)18-9-15(22)4-6-20(18)24/h3-9,16,26H,10-11H2,1-2H3/t16-/m0/s1. The van der Waals surface area contributed by atoms with Gasteiger partial charge in [-0.2, -0.15) is 5.10 Å². The van der Waals surface area contributed by atoms with E-state index in [4.69, 9.17) is 23.2 Å². The first-order valence-corrected chi connectivity index (χ1v) is 9.24.